The first-order chi connectivity index (χ1) is 8.85. The molecular weight excluding hydrogens is 236 g/mol. The summed E-state index contributed by atoms with van der Waals surface area (Å²) in [6.07, 6.45) is 6.37. The molecule has 108 valence electrons. The minimum Gasteiger partial charge on any atom is -0.339 e. The van der Waals surface area contributed by atoms with Crippen molar-refractivity contribution >= 4 is 0 Å². The van der Waals surface area contributed by atoms with Crippen molar-refractivity contribution < 1.29 is 4.52 Å². The van der Waals surface area contributed by atoms with Gasteiger partial charge in [0.2, 0.25) is 5.89 Å². The van der Waals surface area contributed by atoms with Gasteiger partial charge in [0.25, 0.3) is 0 Å². The van der Waals surface area contributed by atoms with Gasteiger partial charge in [-0.1, -0.05) is 39.8 Å². The van der Waals surface area contributed by atoms with Crippen LogP contribution in [0.25, 0.3) is 0 Å². The van der Waals surface area contributed by atoms with Crippen LogP contribution in [0.3, 0.4) is 0 Å². The first kappa shape index (κ1) is 14.5. The lowest BCUT2D eigenvalue weighted by molar-refractivity contribution is 0.212. The van der Waals surface area contributed by atoms with E-state index in [4.69, 9.17) is 4.52 Å². The second kappa shape index (κ2) is 5.64. The maximum absolute atomic E-state index is 5.44. The third-order valence-electron chi connectivity index (χ3n) is 4.07. The van der Waals surface area contributed by atoms with E-state index >= 15 is 0 Å². The number of hydrogen-bond donors (Lipinski definition) is 0. The monoisotopic (exact) mass is 264 g/mol. The van der Waals surface area contributed by atoms with E-state index in [2.05, 4.69) is 44.8 Å². The molecule has 19 heavy (non-hydrogen) atoms. The van der Waals surface area contributed by atoms with Crippen LogP contribution in [0.1, 0.15) is 90.3 Å². The largest absolute Gasteiger partial charge is 0.339 e. The van der Waals surface area contributed by atoms with E-state index in [1.54, 1.807) is 0 Å². The van der Waals surface area contributed by atoms with Gasteiger partial charge in [-0.05, 0) is 43.4 Å². The topological polar surface area (TPSA) is 38.9 Å². The Bertz CT molecular complexity index is 395. The standard InChI is InChI=1S/C16H28N2O/c1-11(2)14-17-15(19-18-14)13-8-6-12(7-9-13)10-16(3,4)5/h11-13H,6-10H2,1-5H3. The SMILES string of the molecule is CC(C)c1noc(C2CCC(CC(C)(C)C)CC2)n1. The Balaban J connectivity index is 1.89. The van der Waals surface area contributed by atoms with Gasteiger partial charge < -0.3 is 4.52 Å². The third-order valence-corrected chi connectivity index (χ3v) is 4.07. The van der Waals surface area contributed by atoms with Gasteiger partial charge >= 0.3 is 0 Å². The van der Waals surface area contributed by atoms with Crippen molar-refractivity contribution in [3.8, 4) is 0 Å². The van der Waals surface area contributed by atoms with Gasteiger partial charge in [-0.25, -0.2) is 0 Å². The molecule has 1 fully saturated rings. The molecule has 1 saturated carbocycles. The Morgan fingerprint density at radius 3 is 2.26 bits per heavy atom. The van der Waals surface area contributed by atoms with Crippen LogP contribution in [0.15, 0.2) is 4.52 Å². The first-order valence-corrected chi connectivity index (χ1v) is 7.68. The summed E-state index contributed by atoms with van der Waals surface area (Å²) in [5, 5.41) is 4.08. The van der Waals surface area contributed by atoms with E-state index in [1.165, 1.54) is 32.1 Å². The average molecular weight is 264 g/mol. The zero-order valence-corrected chi connectivity index (χ0v) is 13.1. The quantitative estimate of drug-likeness (QED) is 0.779. The molecule has 1 aliphatic carbocycles. The van der Waals surface area contributed by atoms with E-state index < -0.39 is 0 Å². The van der Waals surface area contributed by atoms with Crippen LogP contribution in [0.5, 0.6) is 0 Å². The Hall–Kier alpha value is -0.860. The molecule has 2 rings (SSSR count). The molecule has 0 saturated heterocycles. The van der Waals surface area contributed by atoms with Crippen molar-refractivity contribution in [2.24, 2.45) is 11.3 Å². The van der Waals surface area contributed by atoms with Crippen LogP contribution in [-0.2, 0) is 0 Å². The van der Waals surface area contributed by atoms with Crippen molar-refractivity contribution in [1.82, 2.24) is 10.1 Å². The van der Waals surface area contributed by atoms with Crippen molar-refractivity contribution in [2.75, 3.05) is 0 Å². The van der Waals surface area contributed by atoms with E-state index in [1.807, 2.05) is 0 Å². The number of hydrogen-bond acceptors (Lipinski definition) is 3. The van der Waals surface area contributed by atoms with Gasteiger partial charge in [-0.2, -0.15) is 4.98 Å². The summed E-state index contributed by atoms with van der Waals surface area (Å²) in [7, 11) is 0. The van der Waals surface area contributed by atoms with Crippen LogP contribution < -0.4 is 0 Å². The number of aromatic nitrogens is 2. The predicted octanol–water partition coefficient (Wildman–Crippen LogP) is 4.90. The Kier molecular flexibility index (Phi) is 4.32. The van der Waals surface area contributed by atoms with E-state index in [-0.39, 0.29) is 0 Å². The van der Waals surface area contributed by atoms with Gasteiger partial charge in [0.15, 0.2) is 5.82 Å². The second-order valence-corrected chi connectivity index (χ2v) is 7.63. The Labute approximate surface area is 117 Å². The lowest BCUT2D eigenvalue weighted by Crippen LogP contribution is -2.19. The summed E-state index contributed by atoms with van der Waals surface area (Å²) in [5.41, 5.74) is 0.451. The molecule has 0 N–H and O–H groups in total. The van der Waals surface area contributed by atoms with Crippen LogP contribution in [0.2, 0.25) is 0 Å². The summed E-state index contributed by atoms with van der Waals surface area (Å²) in [5.74, 6) is 3.46. The van der Waals surface area contributed by atoms with Crippen LogP contribution in [0.4, 0.5) is 0 Å². The number of nitrogens with zero attached hydrogens (tertiary/aromatic N) is 2. The molecule has 0 bridgehead atoms. The molecule has 1 aliphatic rings. The molecule has 1 heterocycles. The molecule has 0 amide bonds. The van der Waals surface area contributed by atoms with Gasteiger partial charge in [-0.15, -0.1) is 0 Å². The van der Waals surface area contributed by atoms with Crippen molar-refractivity contribution in [3.63, 3.8) is 0 Å². The molecule has 0 unspecified atom stereocenters. The molecule has 0 atom stereocenters. The Morgan fingerprint density at radius 1 is 1.16 bits per heavy atom. The summed E-state index contributed by atoms with van der Waals surface area (Å²) in [6, 6.07) is 0. The maximum Gasteiger partial charge on any atom is 0.229 e. The predicted molar refractivity (Wildman–Crippen MR) is 77.2 cm³/mol. The minimum atomic E-state index is 0.356. The molecule has 0 spiro atoms. The van der Waals surface area contributed by atoms with Gasteiger partial charge in [0.05, 0.1) is 0 Å². The fraction of sp³-hybridized carbons (Fsp3) is 0.875. The lowest BCUT2D eigenvalue weighted by Gasteiger charge is -2.31. The van der Waals surface area contributed by atoms with Crippen molar-refractivity contribution in [3.05, 3.63) is 11.7 Å². The van der Waals surface area contributed by atoms with Crippen LogP contribution in [-0.4, -0.2) is 10.1 Å². The highest BCUT2D eigenvalue weighted by atomic mass is 16.5. The highest BCUT2D eigenvalue weighted by molar-refractivity contribution is 4.98. The summed E-state index contributed by atoms with van der Waals surface area (Å²) < 4.78 is 5.44. The van der Waals surface area contributed by atoms with Crippen molar-refractivity contribution in [1.29, 1.82) is 0 Å². The van der Waals surface area contributed by atoms with E-state index in [0.717, 1.165) is 17.6 Å². The Morgan fingerprint density at radius 2 is 1.79 bits per heavy atom. The normalized spacial score (nSPS) is 24.9. The zero-order valence-electron chi connectivity index (χ0n) is 13.1. The molecule has 0 aliphatic heterocycles. The molecule has 0 aromatic carbocycles. The van der Waals surface area contributed by atoms with Gasteiger partial charge in [0, 0.05) is 11.8 Å². The van der Waals surface area contributed by atoms with E-state index in [9.17, 15) is 0 Å². The molecular formula is C16H28N2O. The molecule has 1 aromatic rings. The summed E-state index contributed by atoms with van der Waals surface area (Å²) in [6.45, 7) is 11.2. The zero-order chi connectivity index (χ0) is 14.0. The van der Waals surface area contributed by atoms with Gasteiger partial charge in [0.1, 0.15) is 0 Å². The highest BCUT2D eigenvalue weighted by Crippen LogP contribution is 2.40. The summed E-state index contributed by atoms with van der Waals surface area (Å²) >= 11 is 0. The average Bonchev–Trinajstić information content (AvgIpc) is 2.77. The number of rotatable bonds is 3. The fourth-order valence-electron chi connectivity index (χ4n) is 3.13. The smallest absolute Gasteiger partial charge is 0.229 e. The second-order valence-electron chi connectivity index (χ2n) is 7.63. The lowest BCUT2D eigenvalue weighted by atomic mass is 9.74. The molecule has 3 heteroatoms. The summed E-state index contributed by atoms with van der Waals surface area (Å²) in [4.78, 5) is 4.56. The highest BCUT2D eigenvalue weighted by Gasteiger charge is 2.28. The van der Waals surface area contributed by atoms with Gasteiger partial charge in [-0.3, -0.25) is 0 Å². The molecule has 1 aromatic heterocycles. The third kappa shape index (κ3) is 4.05. The molecule has 0 radical (unpaired) electrons. The fourth-order valence-corrected chi connectivity index (χ4v) is 3.13. The van der Waals surface area contributed by atoms with Crippen molar-refractivity contribution in [2.45, 2.75) is 78.6 Å². The first-order valence-electron chi connectivity index (χ1n) is 7.68. The van der Waals surface area contributed by atoms with Crippen LogP contribution >= 0.6 is 0 Å². The maximum atomic E-state index is 5.44. The molecule has 3 nitrogen and oxygen atoms in total. The van der Waals surface area contributed by atoms with E-state index in [0.29, 0.717) is 17.3 Å². The minimum absolute atomic E-state index is 0.356. The van der Waals surface area contributed by atoms with Crippen LogP contribution in [0, 0.1) is 11.3 Å².